The van der Waals surface area contributed by atoms with Gasteiger partial charge in [-0.25, -0.2) is 4.79 Å². The topological polar surface area (TPSA) is 116 Å². The van der Waals surface area contributed by atoms with Crippen molar-refractivity contribution < 1.29 is 9.53 Å². The number of ether oxygens (including phenoxy) is 1. The van der Waals surface area contributed by atoms with Crippen LogP contribution in [0.3, 0.4) is 0 Å². The molecule has 0 spiro atoms. The van der Waals surface area contributed by atoms with Gasteiger partial charge in [0.15, 0.2) is 0 Å². The molecule has 1 aromatic carbocycles. The Kier molecular flexibility index (Phi) is 3.44. The van der Waals surface area contributed by atoms with E-state index in [0.29, 0.717) is 13.2 Å². The predicted molar refractivity (Wildman–Crippen MR) is 76.6 cm³/mol. The van der Waals surface area contributed by atoms with E-state index in [4.69, 9.17) is 4.74 Å². The largest absolute Gasteiger partial charge is 0.379 e. The summed E-state index contributed by atoms with van der Waals surface area (Å²) in [6.07, 6.45) is 0.753. The summed E-state index contributed by atoms with van der Waals surface area (Å²) in [5, 5.41) is 10.2. The highest BCUT2D eigenvalue weighted by atomic mass is 16.5. The van der Waals surface area contributed by atoms with Crippen molar-refractivity contribution in [1.29, 1.82) is 0 Å². The molecule has 1 aliphatic rings. The molecule has 21 heavy (non-hydrogen) atoms. The number of anilines is 1. The second kappa shape index (κ2) is 5.41. The fourth-order valence-corrected chi connectivity index (χ4v) is 2.33. The smallest absolute Gasteiger partial charge is 0.319 e. The number of carbonyl (C=O) groups excluding carboxylic acids is 1. The van der Waals surface area contributed by atoms with Gasteiger partial charge in [-0.1, -0.05) is 6.07 Å². The number of urea groups is 1. The van der Waals surface area contributed by atoms with Crippen LogP contribution in [0.4, 0.5) is 10.5 Å². The molecule has 2 aromatic rings. The third-order valence-corrected chi connectivity index (χ3v) is 3.34. The van der Waals surface area contributed by atoms with Crippen LogP contribution in [-0.4, -0.2) is 35.5 Å². The molecule has 1 fully saturated rings. The summed E-state index contributed by atoms with van der Waals surface area (Å²) in [6.45, 7) is 1.09. The standard InChI is InChI=1S/C13H14N4O4/c18-11-8-2-1-3-9(10(8)12(19)17-16-11)15-13(20)14-7-4-5-21-6-7/h1-3,7H,4-6H2,(H,16,18)(H,17,19)(H2,14,15,20). The van der Waals surface area contributed by atoms with Crippen molar-refractivity contribution in [3.63, 3.8) is 0 Å². The van der Waals surface area contributed by atoms with Gasteiger partial charge >= 0.3 is 6.03 Å². The highest BCUT2D eigenvalue weighted by Crippen LogP contribution is 2.16. The van der Waals surface area contributed by atoms with Crippen LogP contribution in [0.25, 0.3) is 10.8 Å². The molecule has 3 rings (SSSR count). The third kappa shape index (κ3) is 2.65. The van der Waals surface area contributed by atoms with Crippen LogP contribution in [0.2, 0.25) is 0 Å². The maximum atomic E-state index is 11.9. The van der Waals surface area contributed by atoms with Gasteiger partial charge < -0.3 is 15.4 Å². The third-order valence-electron chi connectivity index (χ3n) is 3.34. The molecule has 4 N–H and O–H groups in total. The van der Waals surface area contributed by atoms with Crippen LogP contribution >= 0.6 is 0 Å². The van der Waals surface area contributed by atoms with Gasteiger partial charge in [-0.05, 0) is 18.6 Å². The first-order valence-corrected chi connectivity index (χ1v) is 6.54. The van der Waals surface area contributed by atoms with Crippen molar-refractivity contribution in [2.45, 2.75) is 12.5 Å². The van der Waals surface area contributed by atoms with Gasteiger partial charge in [0.2, 0.25) is 0 Å². The molecule has 8 heteroatoms. The predicted octanol–water partition coefficient (Wildman–Crippen LogP) is 0.127. The van der Waals surface area contributed by atoms with Crippen LogP contribution in [0, 0.1) is 0 Å². The zero-order valence-electron chi connectivity index (χ0n) is 11.1. The number of benzene rings is 1. The molecule has 0 bridgehead atoms. The molecule has 2 amide bonds. The molecule has 0 radical (unpaired) electrons. The zero-order chi connectivity index (χ0) is 14.8. The second-order valence-corrected chi connectivity index (χ2v) is 4.80. The Balaban J connectivity index is 1.90. The lowest BCUT2D eigenvalue weighted by Crippen LogP contribution is -2.38. The molecule has 0 saturated carbocycles. The lowest BCUT2D eigenvalue weighted by atomic mass is 10.1. The lowest BCUT2D eigenvalue weighted by Gasteiger charge is -2.12. The Labute approximate surface area is 118 Å². The SMILES string of the molecule is O=C(Nc1cccc2c(=O)[nH][nH]c(=O)c12)NC1CCOC1. The number of nitrogens with one attached hydrogen (secondary N) is 4. The maximum absolute atomic E-state index is 11.9. The molecule has 8 nitrogen and oxygen atoms in total. The van der Waals surface area contributed by atoms with E-state index < -0.39 is 17.1 Å². The summed E-state index contributed by atoms with van der Waals surface area (Å²) in [4.78, 5) is 35.5. The van der Waals surface area contributed by atoms with Crippen molar-refractivity contribution in [3.05, 3.63) is 38.9 Å². The van der Waals surface area contributed by atoms with Crippen LogP contribution in [0.1, 0.15) is 6.42 Å². The number of amides is 2. The van der Waals surface area contributed by atoms with Gasteiger partial charge in [0, 0.05) is 6.61 Å². The number of aromatic amines is 2. The minimum absolute atomic E-state index is 0.0401. The molecular formula is C13H14N4O4. The minimum Gasteiger partial charge on any atom is -0.379 e. The van der Waals surface area contributed by atoms with Crippen LogP contribution in [0.15, 0.2) is 27.8 Å². The number of rotatable bonds is 2. The molecule has 1 aromatic heterocycles. The van der Waals surface area contributed by atoms with Crippen molar-refractivity contribution >= 4 is 22.5 Å². The average Bonchev–Trinajstić information content (AvgIpc) is 2.96. The number of hydrogen-bond acceptors (Lipinski definition) is 4. The Morgan fingerprint density at radius 3 is 2.81 bits per heavy atom. The van der Waals surface area contributed by atoms with Gasteiger partial charge in [0.05, 0.1) is 29.1 Å². The van der Waals surface area contributed by atoms with Gasteiger partial charge in [-0.15, -0.1) is 0 Å². The highest BCUT2D eigenvalue weighted by molar-refractivity contribution is 6.00. The zero-order valence-corrected chi connectivity index (χ0v) is 11.1. The monoisotopic (exact) mass is 290 g/mol. The lowest BCUT2D eigenvalue weighted by molar-refractivity contribution is 0.189. The van der Waals surface area contributed by atoms with E-state index in [1.54, 1.807) is 12.1 Å². The van der Waals surface area contributed by atoms with Crippen LogP contribution in [0.5, 0.6) is 0 Å². The van der Waals surface area contributed by atoms with E-state index in [1.807, 2.05) is 0 Å². The van der Waals surface area contributed by atoms with Crippen molar-refractivity contribution in [1.82, 2.24) is 15.5 Å². The molecule has 1 unspecified atom stereocenters. The van der Waals surface area contributed by atoms with Crippen molar-refractivity contribution in [2.75, 3.05) is 18.5 Å². The second-order valence-electron chi connectivity index (χ2n) is 4.80. The summed E-state index contributed by atoms with van der Waals surface area (Å²) in [5.74, 6) is 0. The number of H-pyrrole nitrogens is 2. The fourth-order valence-electron chi connectivity index (χ4n) is 2.33. The van der Waals surface area contributed by atoms with E-state index in [1.165, 1.54) is 6.07 Å². The first kappa shape index (κ1) is 13.4. The first-order chi connectivity index (χ1) is 10.1. The quantitative estimate of drug-likeness (QED) is 0.629. The van der Waals surface area contributed by atoms with Crippen molar-refractivity contribution in [3.8, 4) is 0 Å². The van der Waals surface area contributed by atoms with Crippen LogP contribution in [-0.2, 0) is 4.74 Å². The molecule has 1 aliphatic heterocycles. The average molecular weight is 290 g/mol. The molecular weight excluding hydrogens is 276 g/mol. The van der Waals surface area contributed by atoms with Crippen LogP contribution < -0.4 is 21.8 Å². The molecule has 2 heterocycles. The van der Waals surface area contributed by atoms with E-state index in [-0.39, 0.29) is 22.5 Å². The van der Waals surface area contributed by atoms with Gasteiger partial charge in [0.25, 0.3) is 11.1 Å². The number of fused-ring (bicyclic) bond motifs is 1. The summed E-state index contributed by atoms with van der Waals surface area (Å²) in [5.41, 5.74) is -0.598. The summed E-state index contributed by atoms with van der Waals surface area (Å²) >= 11 is 0. The van der Waals surface area contributed by atoms with E-state index >= 15 is 0 Å². The van der Waals surface area contributed by atoms with E-state index in [9.17, 15) is 14.4 Å². The summed E-state index contributed by atoms with van der Waals surface area (Å²) < 4.78 is 5.17. The molecule has 110 valence electrons. The van der Waals surface area contributed by atoms with Gasteiger partial charge in [-0.2, -0.15) is 0 Å². The number of aromatic nitrogens is 2. The Bertz CT molecular complexity index is 789. The minimum atomic E-state index is -0.468. The van der Waals surface area contributed by atoms with Gasteiger partial charge in [-0.3, -0.25) is 19.8 Å². The molecule has 1 saturated heterocycles. The molecule has 0 aliphatic carbocycles. The van der Waals surface area contributed by atoms with Gasteiger partial charge in [0.1, 0.15) is 0 Å². The normalized spacial score (nSPS) is 17.8. The van der Waals surface area contributed by atoms with E-state index in [0.717, 1.165) is 6.42 Å². The number of hydrogen-bond donors (Lipinski definition) is 4. The summed E-state index contributed by atoms with van der Waals surface area (Å²) in [6, 6.07) is 4.23. The highest BCUT2D eigenvalue weighted by Gasteiger charge is 2.18. The van der Waals surface area contributed by atoms with E-state index in [2.05, 4.69) is 20.8 Å². The Hall–Kier alpha value is -2.61. The maximum Gasteiger partial charge on any atom is 0.319 e. The molecule has 1 atom stereocenters. The Morgan fingerprint density at radius 2 is 2.05 bits per heavy atom. The summed E-state index contributed by atoms with van der Waals surface area (Å²) in [7, 11) is 0. The van der Waals surface area contributed by atoms with Crippen molar-refractivity contribution in [2.24, 2.45) is 0 Å². The Morgan fingerprint density at radius 1 is 1.24 bits per heavy atom. The first-order valence-electron chi connectivity index (χ1n) is 6.54. The number of carbonyl (C=O) groups is 1. The fraction of sp³-hybridized carbons (Fsp3) is 0.308.